The molecule has 0 saturated carbocycles. The molecule has 0 N–H and O–H groups in total. The maximum Gasteiger partial charge on any atom is 0.306 e. The molecular weight excluding hydrogens is 961 g/mol. The maximum absolute atomic E-state index is 12.8. The zero-order chi connectivity index (χ0) is 56.4. The van der Waals surface area contributed by atoms with Gasteiger partial charge < -0.3 is 14.2 Å². The second-order valence-corrected chi connectivity index (χ2v) is 20.6. The van der Waals surface area contributed by atoms with E-state index in [2.05, 4.69) is 167 Å². The molecule has 78 heavy (non-hydrogen) atoms. The Bertz CT molecular complexity index is 1710. The van der Waals surface area contributed by atoms with Crippen LogP contribution in [0.4, 0.5) is 0 Å². The van der Waals surface area contributed by atoms with Gasteiger partial charge in [0.15, 0.2) is 6.10 Å². The summed E-state index contributed by atoms with van der Waals surface area (Å²) in [5.74, 6) is -0.939. The number of unbranched alkanes of at least 4 members (excludes halogenated alkanes) is 21. The molecule has 440 valence electrons. The Morgan fingerprint density at radius 2 is 0.500 bits per heavy atom. The third-order valence-electron chi connectivity index (χ3n) is 13.1. The van der Waals surface area contributed by atoms with Crippen LogP contribution in [0.25, 0.3) is 0 Å². The topological polar surface area (TPSA) is 78.9 Å². The highest BCUT2D eigenvalue weighted by Gasteiger charge is 2.19. The molecule has 0 aliphatic carbocycles. The first-order valence-corrected chi connectivity index (χ1v) is 31.8. The summed E-state index contributed by atoms with van der Waals surface area (Å²) in [6.07, 6.45) is 92.9. The lowest BCUT2D eigenvalue weighted by Gasteiger charge is -2.18. The van der Waals surface area contributed by atoms with Crippen molar-refractivity contribution in [1.29, 1.82) is 0 Å². The van der Waals surface area contributed by atoms with Gasteiger partial charge in [-0.3, -0.25) is 14.4 Å². The minimum Gasteiger partial charge on any atom is -0.462 e. The zero-order valence-corrected chi connectivity index (χ0v) is 50.4. The van der Waals surface area contributed by atoms with Crippen LogP contribution in [0.2, 0.25) is 0 Å². The van der Waals surface area contributed by atoms with Crippen molar-refractivity contribution in [1.82, 2.24) is 0 Å². The Kier molecular flexibility index (Phi) is 60.9. The highest BCUT2D eigenvalue weighted by atomic mass is 16.6. The number of hydrogen-bond donors (Lipinski definition) is 0. The van der Waals surface area contributed by atoms with E-state index in [1.165, 1.54) is 70.6 Å². The van der Waals surface area contributed by atoms with Gasteiger partial charge in [0.25, 0.3) is 0 Å². The molecule has 6 heteroatoms. The average molecular weight is 1080 g/mol. The van der Waals surface area contributed by atoms with Gasteiger partial charge in [0.05, 0.1) is 0 Å². The van der Waals surface area contributed by atoms with Crippen LogP contribution in [0.1, 0.15) is 271 Å². The Morgan fingerprint density at radius 1 is 0.269 bits per heavy atom. The molecule has 1 unspecified atom stereocenters. The minimum absolute atomic E-state index is 0.0942. The number of rotatable bonds is 56. The van der Waals surface area contributed by atoms with E-state index >= 15 is 0 Å². The standard InChI is InChI=1S/C72H116O6/c1-4-7-10-13-16-19-21-23-25-27-28-29-30-31-32-33-34-35-36-37-38-39-40-41-42-43-44-45-47-48-50-53-56-59-62-65-71(74)77-68-69(67-76-70(73)64-61-58-55-52-18-15-12-9-6-3)78-72(75)66-63-60-57-54-51-49-46-26-24-22-20-17-14-11-8-5-2/h7,10,16,19-20,22-23,25-26,28-29,31-32,34-35,37-38,40-41,43-44,46-48,69H,4-6,8-9,11-15,17-18,21,24,27,30,33,36,39,42,45,49-68H2,1-3H3/b10-7-,19-16-,22-20-,25-23-,29-28-,32-31-,35-34-,38-37-,41-40-,44-43-,46-26-,48-47-. The Hall–Kier alpha value is -4.71. The number of esters is 3. The molecule has 0 aliphatic rings. The molecule has 0 aromatic heterocycles. The lowest BCUT2D eigenvalue weighted by Crippen LogP contribution is -2.30. The van der Waals surface area contributed by atoms with E-state index in [4.69, 9.17) is 14.2 Å². The first-order valence-electron chi connectivity index (χ1n) is 31.8. The first kappa shape index (κ1) is 73.3. The van der Waals surface area contributed by atoms with Crippen molar-refractivity contribution in [3.05, 3.63) is 146 Å². The van der Waals surface area contributed by atoms with Gasteiger partial charge in [-0.15, -0.1) is 0 Å². The van der Waals surface area contributed by atoms with Crippen molar-refractivity contribution in [3.8, 4) is 0 Å². The average Bonchev–Trinajstić information content (AvgIpc) is 3.44. The van der Waals surface area contributed by atoms with Gasteiger partial charge in [-0.2, -0.15) is 0 Å². The molecule has 0 aromatic rings. The maximum atomic E-state index is 12.8. The fraction of sp³-hybridized carbons (Fsp3) is 0.625. The smallest absolute Gasteiger partial charge is 0.306 e. The van der Waals surface area contributed by atoms with Crippen molar-refractivity contribution >= 4 is 17.9 Å². The van der Waals surface area contributed by atoms with Gasteiger partial charge in [-0.1, -0.05) is 269 Å². The molecule has 0 aliphatic heterocycles. The van der Waals surface area contributed by atoms with Crippen LogP contribution in [0, 0.1) is 0 Å². The minimum atomic E-state index is -0.799. The third kappa shape index (κ3) is 62.1. The summed E-state index contributed by atoms with van der Waals surface area (Å²) in [6.45, 7) is 6.45. The molecule has 0 saturated heterocycles. The van der Waals surface area contributed by atoms with Crippen molar-refractivity contribution < 1.29 is 28.6 Å². The lowest BCUT2D eigenvalue weighted by atomic mass is 10.1. The molecule has 0 amide bonds. The predicted octanol–water partition coefficient (Wildman–Crippen LogP) is 21.9. The van der Waals surface area contributed by atoms with E-state index in [1.807, 2.05) is 0 Å². The number of hydrogen-bond acceptors (Lipinski definition) is 6. The monoisotopic (exact) mass is 1080 g/mol. The summed E-state index contributed by atoms with van der Waals surface area (Å²) in [6, 6.07) is 0. The van der Waals surface area contributed by atoms with E-state index < -0.39 is 6.10 Å². The van der Waals surface area contributed by atoms with Gasteiger partial charge >= 0.3 is 17.9 Å². The number of carbonyl (C=O) groups excluding carboxylic acids is 3. The second kappa shape index (κ2) is 64.8. The van der Waals surface area contributed by atoms with E-state index in [1.54, 1.807) is 0 Å². The van der Waals surface area contributed by atoms with E-state index in [9.17, 15) is 14.4 Å². The molecule has 6 nitrogen and oxygen atoms in total. The predicted molar refractivity (Wildman–Crippen MR) is 339 cm³/mol. The van der Waals surface area contributed by atoms with Crippen LogP contribution in [0.3, 0.4) is 0 Å². The molecule has 0 fully saturated rings. The summed E-state index contributed by atoms with van der Waals surface area (Å²) in [4.78, 5) is 38.1. The molecule has 0 radical (unpaired) electrons. The third-order valence-corrected chi connectivity index (χ3v) is 13.1. The van der Waals surface area contributed by atoms with E-state index in [0.717, 1.165) is 161 Å². The number of ether oxygens (including phenoxy) is 3. The molecule has 0 spiro atoms. The van der Waals surface area contributed by atoms with Crippen molar-refractivity contribution in [2.24, 2.45) is 0 Å². The van der Waals surface area contributed by atoms with Gasteiger partial charge in [-0.25, -0.2) is 0 Å². The van der Waals surface area contributed by atoms with Crippen molar-refractivity contribution in [3.63, 3.8) is 0 Å². The Morgan fingerprint density at radius 3 is 0.795 bits per heavy atom. The molecule has 1 atom stereocenters. The first-order chi connectivity index (χ1) is 38.5. The fourth-order valence-electron chi connectivity index (χ4n) is 8.32. The summed E-state index contributed by atoms with van der Waals surface area (Å²) in [5, 5.41) is 0. The summed E-state index contributed by atoms with van der Waals surface area (Å²) < 4.78 is 16.8. The Balaban J connectivity index is 4.27. The normalized spacial score (nSPS) is 13.1. The van der Waals surface area contributed by atoms with Crippen LogP contribution in [-0.2, 0) is 28.6 Å². The number of allylic oxidation sites excluding steroid dienone is 24. The molecule has 0 aromatic carbocycles. The largest absolute Gasteiger partial charge is 0.462 e. The van der Waals surface area contributed by atoms with Crippen LogP contribution >= 0.6 is 0 Å². The van der Waals surface area contributed by atoms with Crippen molar-refractivity contribution in [2.45, 2.75) is 277 Å². The zero-order valence-electron chi connectivity index (χ0n) is 50.4. The fourth-order valence-corrected chi connectivity index (χ4v) is 8.32. The van der Waals surface area contributed by atoms with Crippen molar-refractivity contribution in [2.75, 3.05) is 13.2 Å². The molecule has 0 heterocycles. The van der Waals surface area contributed by atoms with E-state index in [-0.39, 0.29) is 31.1 Å². The van der Waals surface area contributed by atoms with Crippen LogP contribution in [0.15, 0.2) is 146 Å². The Labute approximate surface area is 480 Å². The lowest BCUT2D eigenvalue weighted by molar-refractivity contribution is -0.167. The molecule has 0 bridgehead atoms. The molecular formula is C72H116O6. The quantitative estimate of drug-likeness (QED) is 0.0261. The van der Waals surface area contributed by atoms with Crippen LogP contribution in [0.5, 0.6) is 0 Å². The summed E-state index contributed by atoms with van der Waals surface area (Å²) in [7, 11) is 0. The van der Waals surface area contributed by atoms with Gasteiger partial charge in [0, 0.05) is 19.3 Å². The molecule has 0 rings (SSSR count). The highest BCUT2D eigenvalue weighted by molar-refractivity contribution is 5.71. The summed E-state index contributed by atoms with van der Waals surface area (Å²) >= 11 is 0. The second-order valence-electron chi connectivity index (χ2n) is 20.6. The SMILES string of the molecule is CC/C=C\C/C=C\C/C=C\C/C=C\C/C=C\C/C=C\C/C=C\C/C=C\C/C=C\C/C=C\CCCCCCC(=O)OCC(COC(=O)CCCCCCCCCCC)OC(=O)CCCCCCC/C=C\C/C=C\CCCCCC. The van der Waals surface area contributed by atoms with Gasteiger partial charge in [0.2, 0.25) is 0 Å². The summed E-state index contributed by atoms with van der Waals surface area (Å²) in [5.41, 5.74) is 0. The van der Waals surface area contributed by atoms with Gasteiger partial charge in [0.1, 0.15) is 13.2 Å². The van der Waals surface area contributed by atoms with E-state index in [0.29, 0.717) is 19.3 Å². The van der Waals surface area contributed by atoms with Gasteiger partial charge in [-0.05, 0) is 128 Å². The highest BCUT2D eigenvalue weighted by Crippen LogP contribution is 2.14. The van der Waals surface area contributed by atoms with Crippen LogP contribution in [-0.4, -0.2) is 37.2 Å². The number of carbonyl (C=O) groups is 3. The van der Waals surface area contributed by atoms with Crippen LogP contribution < -0.4 is 0 Å².